The number of benzene rings is 4. The van der Waals surface area contributed by atoms with Crippen LogP contribution in [-0.4, -0.2) is 25.4 Å². The van der Waals surface area contributed by atoms with Crippen molar-refractivity contribution in [1.82, 2.24) is 0 Å². The largest absolute Gasteiger partial charge is 0.458 e. The molecule has 0 spiro atoms. The Morgan fingerprint density at radius 1 is 0.875 bits per heavy atom. The molecule has 4 aromatic rings. The van der Waals surface area contributed by atoms with E-state index in [1.54, 1.807) is 0 Å². The summed E-state index contributed by atoms with van der Waals surface area (Å²) in [6.45, 7) is 2.86. The van der Waals surface area contributed by atoms with Crippen molar-refractivity contribution in [2.75, 3.05) is 13.2 Å². The van der Waals surface area contributed by atoms with Gasteiger partial charge in [0.15, 0.2) is 6.29 Å². The number of ether oxygens (including phenoxy) is 3. The summed E-state index contributed by atoms with van der Waals surface area (Å²) >= 11 is 0. The fourth-order valence-electron chi connectivity index (χ4n) is 4.25. The Morgan fingerprint density at radius 3 is 2.20 bits per heavy atom. The van der Waals surface area contributed by atoms with Gasteiger partial charge in [-0.15, -0.1) is 0 Å². The number of carbonyl (C=O) groups excluding carboxylic acids is 1. The molecule has 1 saturated heterocycles. The number of carbonyl (C=O) groups is 1. The molecule has 0 unspecified atom stereocenters. The zero-order chi connectivity index (χ0) is 28.8. The smallest absolute Gasteiger partial charge is 0.423 e. The second-order valence-electron chi connectivity index (χ2n) is 9.20. The molecule has 0 atom stereocenters. The maximum absolute atomic E-state index is 15.3. The second kappa shape index (κ2) is 10.4. The number of rotatable bonds is 3. The fraction of sp³-hybridized carbons (Fsp3) is 0.207. The Hall–Kier alpha value is -4.14. The van der Waals surface area contributed by atoms with E-state index in [0.717, 1.165) is 30.2 Å². The predicted molar refractivity (Wildman–Crippen MR) is 129 cm³/mol. The lowest BCUT2D eigenvalue weighted by Gasteiger charge is -2.27. The van der Waals surface area contributed by atoms with Crippen LogP contribution in [0.3, 0.4) is 0 Å². The van der Waals surface area contributed by atoms with Gasteiger partial charge in [0, 0.05) is 28.2 Å². The van der Waals surface area contributed by atoms with Crippen LogP contribution in [0.5, 0.6) is 5.75 Å². The molecule has 40 heavy (non-hydrogen) atoms. The van der Waals surface area contributed by atoms with Crippen molar-refractivity contribution in [3.8, 4) is 17.6 Å². The highest BCUT2D eigenvalue weighted by Gasteiger charge is 2.26. The Balaban J connectivity index is 1.43. The number of hydrogen-bond donors (Lipinski definition) is 0. The van der Waals surface area contributed by atoms with Gasteiger partial charge in [-0.2, -0.15) is 13.2 Å². The summed E-state index contributed by atoms with van der Waals surface area (Å²) in [5.74, 6) is -4.43. The molecule has 1 aliphatic rings. The van der Waals surface area contributed by atoms with E-state index in [1.165, 1.54) is 24.1 Å². The highest BCUT2D eigenvalue weighted by Crippen LogP contribution is 2.32. The van der Waals surface area contributed by atoms with Crippen molar-refractivity contribution in [1.29, 1.82) is 0 Å². The molecule has 0 saturated carbocycles. The number of esters is 1. The molecular weight excluding hydrogens is 545 g/mol. The maximum atomic E-state index is 15.3. The van der Waals surface area contributed by atoms with E-state index in [2.05, 4.69) is 0 Å². The van der Waals surface area contributed by atoms with Gasteiger partial charge in [-0.05, 0) is 47.2 Å². The lowest BCUT2D eigenvalue weighted by atomic mass is 10.0. The predicted octanol–water partition coefficient (Wildman–Crippen LogP) is 7.36. The quantitative estimate of drug-likeness (QED) is 0.113. The van der Waals surface area contributed by atoms with Gasteiger partial charge in [0.1, 0.15) is 34.6 Å². The molecule has 0 aliphatic carbocycles. The summed E-state index contributed by atoms with van der Waals surface area (Å²) in [4.78, 5) is 12.7. The van der Waals surface area contributed by atoms with Crippen molar-refractivity contribution in [2.24, 2.45) is 5.92 Å². The first-order chi connectivity index (χ1) is 18.9. The molecule has 0 amide bonds. The standard InChI is InChI=1S/C29H17F7O4/c1-14-12-38-28(39-13-14)15-2-4-20-16(8-15)11-23(31)24(26(20)33)27(37)40-18-3-5-19-17(9-18)10-22(30)21(25(19)32)6-7-29(34,35)36/h2-5,8-11,14,28H,12-13H2,1H3. The minimum Gasteiger partial charge on any atom is -0.423 e. The molecule has 5 rings (SSSR count). The molecule has 0 radical (unpaired) electrons. The van der Waals surface area contributed by atoms with Gasteiger partial charge in [0.25, 0.3) is 0 Å². The topological polar surface area (TPSA) is 44.8 Å². The Morgan fingerprint density at radius 2 is 1.50 bits per heavy atom. The van der Waals surface area contributed by atoms with Crippen molar-refractivity contribution in [2.45, 2.75) is 19.4 Å². The molecule has 1 fully saturated rings. The van der Waals surface area contributed by atoms with Crippen LogP contribution in [0.2, 0.25) is 0 Å². The van der Waals surface area contributed by atoms with E-state index in [4.69, 9.17) is 14.2 Å². The maximum Gasteiger partial charge on any atom is 0.458 e. The van der Waals surface area contributed by atoms with E-state index in [-0.39, 0.29) is 33.2 Å². The Bertz CT molecular complexity index is 1710. The van der Waals surface area contributed by atoms with Crippen LogP contribution in [0.15, 0.2) is 48.5 Å². The first kappa shape index (κ1) is 27.4. The number of hydrogen-bond acceptors (Lipinski definition) is 4. The molecule has 4 aromatic carbocycles. The monoisotopic (exact) mass is 562 g/mol. The highest BCUT2D eigenvalue weighted by atomic mass is 19.4. The lowest BCUT2D eigenvalue weighted by molar-refractivity contribution is -0.202. The molecule has 0 N–H and O–H groups in total. The van der Waals surface area contributed by atoms with Crippen molar-refractivity contribution in [3.05, 3.63) is 88.5 Å². The molecular formula is C29H17F7O4. The van der Waals surface area contributed by atoms with Crippen LogP contribution < -0.4 is 4.74 Å². The van der Waals surface area contributed by atoms with Crippen LogP contribution >= 0.6 is 0 Å². The van der Waals surface area contributed by atoms with Crippen LogP contribution in [0.4, 0.5) is 30.7 Å². The summed E-state index contributed by atoms with van der Waals surface area (Å²) in [6, 6.07) is 9.06. The van der Waals surface area contributed by atoms with E-state index >= 15 is 4.39 Å². The molecule has 0 aromatic heterocycles. The SMILES string of the molecule is CC1COC(c2ccc3c(F)c(C(=O)Oc4ccc5c(F)c(C#CC(F)(F)F)c(F)cc5c4)c(F)cc3c2)OC1. The first-order valence-electron chi connectivity index (χ1n) is 11.8. The molecule has 4 nitrogen and oxygen atoms in total. The van der Waals surface area contributed by atoms with Crippen molar-refractivity contribution >= 4 is 27.5 Å². The van der Waals surface area contributed by atoms with Crippen LogP contribution in [0.1, 0.15) is 34.7 Å². The molecule has 1 heterocycles. The first-order valence-corrected chi connectivity index (χ1v) is 11.8. The Labute approximate surface area is 222 Å². The van der Waals surface area contributed by atoms with Gasteiger partial charge < -0.3 is 14.2 Å². The lowest BCUT2D eigenvalue weighted by Crippen LogP contribution is -2.25. The van der Waals surface area contributed by atoms with Gasteiger partial charge in [-0.1, -0.05) is 25.0 Å². The van der Waals surface area contributed by atoms with Crippen molar-refractivity contribution in [3.63, 3.8) is 0 Å². The molecule has 1 aliphatic heterocycles. The number of halogens is 7. The summed E-state index contributed by atoms with van der Waals surface area (Å²) in [7, 11) is 0. The number of alkyl halides is 3. The number of fused-ring (bicyclic) bond motifs is 2. The molecule has 0 bridgehead atoms. The third kappa shape index (κ3) is 5.46. The van der Waals surface area contributed by atoms with Gasteiger partial charge in [-0.25, -0.2) is 22.4 Å². The summed E-state index contributed by atoms with van der Waals surface area (Å²) < 4.78 is 112. The third-order valence-corrected chi connectivity index (χ3v) is 6.13. The summed E-state index contributed by atoms with van der Waals surface area (Å²) in [6.07, 6.45) is -5.66. The summed E-state index contributed by atoms with van der Waals surface area (Å²) in [5, 5.41) is -0.425. The normalized spacial score (nSPS) is 17.5. The zero-order valence-electron chi connectivity index (χ0n) is 20.5. The van der Waals surface area contributed by atoms with Gasteiger partial charge in [0.2, 0.25) is 0 Å². The molecule has 11 heteroatoms. The minimum atomic E-state index is -4.96. The highest BCUT2D eigenvalue weighted by molar-refractivity contribution is 5.98. The van der Waals surface area contributed by atoms with Gasteiger partial charge >= 0.3 is 12.1 Å². The van der Waals surface area contributed by atoms with Crippen molar-refractivity contribution < 1.29 is 49.7 Å². The van der Waals surface area contributed by atoms with E-state index in [1.807, 2.05) is 6.92 Å². The van der Waals surface area contributed by atoms with E-state index in [9.17, 15) is 31.1 Å². The van der Waals surface area contributed by atoms with Crippen LogP contribution in [0.25, 0.3) is 21.5 Å². The van der Waals surface area contributed by atoms with E-state index in [0.29, 0.717) is 24.8 Å². The van der Waals surface area contributed by atoms with Gasteiger partial charge in [0.05, 0.1) is 18.8 Å². The average Bonchev–Trinajstić information content (AvgIpc) is 2.88. The van der Waals surface area contributed by atoms with Crippen LogP contribution in [-0.2, 0) is 9.47 Å². The van der Waals surface area contributed by atoms with Gasteiger partial charge in [-0.3, -0.25) is 0 Å². The zero-order valence-corrected chi connectivity index (χ0v) is 20.5. The Kier molecular flexibility index (Phi) is 7.16. The minimum absolute atomic E-state index is 0.0728. The average molecular weight is 562 g/mol. The second-order valence-corrected chi connectivity index (χ2v) is 9.20. The van der Waals surface area contributed by atoms with Crippen LogP contribution in [0, 0.1) is 41.0 Å². The molecule has 206 valence electrons. The summed E-state index contributed by atoms with van der Waals surface area (Å²) in [5.41, 5.74) is -1.54. The van der Waals surface area contributed by atoms with E-state index < -0.39 is 52.8 Å². The fourth-order valence-corrected chi connectivity index (χ4v) is 4.25. The third-order valence-electron chi connectivity index (χ3n) is 6.13.